The lowest BCUT2D eigenvalue weighted by atomic mass is 10.1. The van der Waals surface area contributed by atoms with E-state index in [4.69, 9.17) is 0 Å². The molecule has 0 unspecified atom stereocenters. The van der Waals surface area contributed by atoms with Crippen LogP contribution in [0.4, 0.5) is 0 Å². The summed E-state index contributed by atoms with van der Waals surface area (Å²) < 4.78 is 0.622. The Morgan fingerprint density at radius 3 is 2.25 bits per heavy atom. The van der Waals surface area contributed by atoms with E-state index in [0.717, 1.165) is 0 Å². The minimum atomic E-state index is -0.450. The van der Waals surface area contributed by atoms with Gasteiger partial charge in [-0.05, 0) is 28.5 Å². The van der Waals surface area contributed by atoms with Crippen molar-refractivity contribution in [3.8, 4) is 0 Å². The second-order valence-corrected chi connectivity index (χ2v) is 3.87. The topological polar surface area (TPSA) is 65.7 Å². The molecule has 0 bridgehead atoms. The minimum Gasteiger partial charge on any atom is -0.302 e. The minimum absolute atomic E-state index is 0.123. The van der Waals surface area contributed by atoms with Gasteiger partial charge in [-0.1, -0.05) is 13.8 Å². The third-order valence-electron chi connectivity index (χ3n) is 1.51. The van der Waals surface area contributed by atoms with Gasteiger partial charge in [0.05, 0.1) is 3.70 Å². The summed E-state index contributed by atoms with van der Waals surface area (Å²) in [5, 5.41) is 0. The summed E-state index contributed by atoms with van der Waals surface area (Å²) in [6, 6.07) is 0. The number of rotatable bonds is 1. The van der Waals surface area contributed by atoms with Crippen molar-refractivity contribution in [1.29, 1.82) is 0 Å². The van der Waals surface area contributed by atoms with Gasteiger partial charge in [0.15, 0.2) is 0 Å². The van der Waals surface area contributed by atoms with Crippen molar-refractivity contribution in [2.75, 3.05) is 0 Å². The average Bonchev–Trinajstić information content (AvgIpc) is 1.82. The lowest BCUT2D eigenvalue weighted by molar-refractivity contribution is 0.807. The Hall–Kier alpha value is -0.590. The van der Waals surface area contributed by atoms with Crippen LogP contribution in [0.15, 0.2) is 9.59 Å². The highest BCUT2D eigenvalue weighted by Gasteiger charge is 2.09. The average molecular weight is 280 g/mol. The lowest BCUT2D eigenvalue weighted by Gasteiger charge is -2.04. The monoisotopic (exact) mass is 280 g/mol. The number of aromatic nitrogens is 2. The van der Waals surface area contributed by atoms with Crippen LogP contribution in [0.3, 0.4) is 0 Å². The summed E-state index contributed by atoms with van der Waals surface area (Å²) in [5.74, 6) is 0.123. The van der Waals surface area contributed by atoms with Gasteiger partial charge in [-0.25, -0.2) is 4.79 Å². The van der Waals surface area contributed by atoms with E-state index in [0.29, 0.717) is 9.26 Å². The highest BCUT2D eigenvalue weighted by atomic mass is 127. The first-order valence-corrected chi connectivity index (χ1v) is 4.62. The van der Waals surface area contributed by atoms with Crippen molar-refractivity contribution in [2.24, 2.45) is 0 Å². The first-order valence-electron chi connectivity index (χ1n) is 3.54. The van der Waals surface area contributed by atoms with Gasteiger partial charge in [-0.2, -0.15) is 0 Å². The molecule has 4 nitrogen and oxygen atoms in total. The predicted molar refractivity (Wildman–Crippen MR) is 54.5 cm³/mol. The first-order chi connectivity index (χ1) is 5.52. The lowest BCUT2D eigenvalue weighted by Crippen LogP contribution is -2.27. The van der Waals surface area contributed by atoms with Crippen molar-refractivity contribution in [2.45, 2.75) is 19.8 Å². The van der Waals surface area contributed by atoms with Crippen LogP contribution >= 0.6 is 22.6 Å². The van der Waals surface area contributed by atoms with Crippen molar-refractivity contribution < 1.29 is 0 Å². The standard InChI is InChI=1S/C7H9IN2O2/c1-3(2)4-5(8)9-7(12)10-6(4)11/h3H,1-2H3,(H2,9,10,11,12). The molecule has 0 aliphatic carbocycles. The molecule has 1 aromatic rings. The molecule has 5 heteroatoms. The molecule has 0 fully saturated rings. The fourth-order valence-corrected chi connectivity index (χ4v) is 2.10. The molecule has 0 amide bonds. The van der Waals surface area contributed by atoms with Gasteiger partial charge in [0.1, 0.15) is 0 Å². The Morgan fingerprint density at radius 1 is 1.25 bits per heavy atom. The Bertz CT molecular complexity index is 391. The summed E-state index contributed by atoms with van der Waals surface area (Å²) >= 11 is 1.95. The zero-order valence-electron chi connectivity index (χ0n) is 6.77. The van der Waals surface area contributed by atoms with Gasteiger partial charge in [-0.15, -0.1) is 0 Å². The number of hydrogen-bond acceptors (Lipinski definition) is 2. The third-order valence-corrected chi connectivity index (χ3v) is 2.36. The van der Waals surface area contributed by atoms with Crippen molar-refractivity contribution in [3.05, 3.63) is 30.1 Å². The third kappa shape index (κ3) is 1.77. The van der Waals surface area contributed by atoms with Crippen LogP contribution in [0.5, 0.6) is 0 Å². The molecule has 0 aliphatic heterocycles. The Labute approximate surface area is 82.6 Å². The van der Waals surface area contributed by atoms with Crippen molar-refractivity contribution in [3.63, 3.8) is 0 Å². The van der Waals surface area contributed by atoms with Gasteiger partial charge >= 0.3 is 5.69 Å². The summed E-state index contributed by atoms with van der Waals surface area (Å²) in [4.78, 5) is 26.7. The van der Waals surface area contributed by atoms with Gasteiger partial charge in [0.2, 0.25) is 0 Å². The van der Waals surface area contributed by atoms with E-state index in [9.17, 15) is 9.59 Å². The fourth-order valence-electron chi connectivity index (χ4n) is 0.984. The van der Waals surface area contributed by atoms with Crippen LogP contribution in [0.2, 0.25) is 0 Å². The number of nitrogens with one attached hydrogen (secondary N) is 2. The van der Waals surface area contributed by atoms with E-state index >= 15 is 0 Å². The van der Waals surface area contributed by atoms with Gasteiger partial charge in [-0.3, -0.25) is 9.78 Å². The molecule has 0 saturated heterocycles. The van der Waals surface area contributed by atoms with Crippen LogP contribution in [-0.4, -0.2) is 9.97 Å². The van der Waals surface area contributed by atoms with Crippen LogP contribution < -0.4 is 11.2 Å². The van der Waals surface area contributed by atoms with E-state index in [1.54, 1.807) is 0 Å². The van der Waals surface area contributed by atoms with Crippen LogP contribution in [-0.2, 0) is 0 Å². The number of aromatic amines is 2. The van der Waals surface area contributed by atoms with Crippen LogP contribution in [0.25, 0.3) is 0 Å². The highest BCUT2D eigenvalue weighted by Crippen LogP contribution is 2.12. The molecule has 0 aliphatic rings. The smallest absolute Gasteiger partial charge is 0.302 e. The second-order valence-electron chi connectivity index (χ2n) is 2.79. The number of halogens is 1. The summed E-state index contributed by atoms with van der Waals surface area (Å²) in [7, 11) is 0. The molecule has 0 aromatic carbocycles. The van der Waals surface area contributed by atoms with E-state index in [1.165, 1.54) is 0 Å². The molecular formula is C7H9IN2O2. The molecular weight excluding hydrogens is 271 g/mol. The maximum Gasteiger partial charge on any atom is 0.326 e. The molecule has 66 valence electrons. The molecule has 12 heavy (non-hydrogen) atoms. The molecule has 0 saturated carbocycles. The number of H-pyrrole nitrogens is 2. The zero-order valence-corrected chi connectivity index (χ0v) is 8.93. The van der Waals surface area contributed by atoms with E-state index < -0.39 is 5.69 Å². The molecule has 0 radical (unpaired) electrons. The largest absolute Gasteiger partial charge is 0.326 e. The predicted octanol–water partition coefficient (Wildman–Crippen LogP) is 0.791. The van der Waals surface area contributed by atoms with E-state index in [2.05, 4.69) is 9.97 Å². The van der Waals surface area contributed by atoms with Crippen molar-refractivity contribution >= 4 is 22.6 Å². The fraction of sp³-hybridized carbons (Fsp3) is 0.429. The maximum atomic E-state index is 11.2. The number of hydrogen-bond donors (Lipinski definition) is 2. The zero-order chi connectivity index (χ0) is 9.30. The van der Waals surface area contributed by atoms with Gasteiger partial charge in [0, 0.05) is 5.56 Å². The quantitative estimate of drug-likeness (QED) is 0.590. The molecule has 2 N–H and O–H groups in total. The Morgan fingerprint density at radius 2 is 1.83 bits per heavy atom. The summed E-state index contributed by atoms with van der Waals surface area (Å²) in [5.41, 5.74) is -0.109. The molecule has 1 rings (SSSR count). The molecule has 0 atom stereocenters. The molecule has 0 spiro atoms. The maximum absolute atomic E-state index is 11.2. The second kappa shape index (κ2) is 3.42. The highest BCUT2D eigenvalue weighted by molar-refractivity contribution is 14.1. The molecule has 1 heterocycles. The van der Waals surface area contributed by atoms with Gasteiger partial charge in [0.25, 0.3) is 5.56 Å². The van der Waals surface area contributed by atoms with Crippen LogP contribution in [0, 0.1) is 3.70 Å². The van der Waals surface area contributed by atoms with Gasteiger partial charge < -0.3 is 4.98 Å². The molecule has 1 aromatic heterocycles. The van der Waals surface area contributed by atoms with Crippen LogP contribution in [0.1, 0.15) is 25.3 Å². The SMILES string of the molecule is CC(C)c1c(I)[nH]c(=O)[nH]c1=O. The van der Waals surface area contributed by atoms with Crippen molar-refractivity contribution in [1.82, 2.24) is 9.97 Å². The van der Waals surface area contributed by atoms with E-state index in [1.807, 2.05) is 36.4 Å². The first kappa shape index (κ1) is 9.50. The Balaban J connectivity index is 3.49. The summed E-state index contributed by atoms with van der Waals surface area (Å²) in [6.45, 7) is 3.82. The Kier molecular flexibility index (Phi) is 2.71. The summed E-state index contributed by atoms with van der Waals surface area (Å²) in [6.07, 6.45) is 0. The van der Waals surface area contributed by atoms with E-state index in [-0.39, 0.29) is 11.5 Å². The normalized spacial score (nSPS) is 10.7.